The molecule has 0 spiro atoms. The zero-order valence-corrected chi connectivity index (χ0v) is 17.9. The Hall–Kier alpha value is -1.51. The molecule has 2 aliphatic rings. The van der Waals surface area contributed by atoms with Gasteiger partial charge in [0.1, 0.15) is 0 Å². The molecular formula is C20H35N5O3. The largest absolute Gasteiger partial charge is 0.373 e. The standard InChI is InChI=1S/C20H35N5O3/c1-6-18-21-17(22-28-18)13-23-7-9-24(10-8-23)20(26)19(14(2)3)25-11-15(4)27-16(5)12-25/h14-16,19H,6-13H2,1-5H3. The van der Waals surface area contributed by atoms with E-state index in [1.54, 1.807) is 0 Å². The number of nitrogens with zero attached hydrogens (tertiary/aromatic N) is 5. The van der Waals surface area contributed by atoms with Crippen LogP contribution in [0.1, 0.15) is 46.3 Å². The van der Waals surface area contributed by atoms with Crippen LogP contribution >= 0.6 is 0 Å². The predicted octanol–water partition coefficient (Wildman–Crippen LogP) is 1.41. The highest BCUT2D eigenvalue weighted by atomic mass is 16.5. The van der Waals surface area contributed by atoms with Crippen molar-refractivity contribution in [1.82, 2.24) is 24.8 Å². The third-order valence-corrected chi connectivity index (χ3v) is 5.59. The van der Waals surface area contributed by atoms with Crippen molar-refractivity contribution < 1.29 is 14.1 Å². The molecule has 2 aliphatic heterocycles. The number of morpholine rings is 1. The molecule has 8 nitrogen and oxygen atoms in total. The van der Waals surface area contributed by atoms with Gasteiger partial charge in [0.05, 0.1) is 24.8 Å². The molecular weight excluding hydrogens is 358 g/mol. The van der Waals surface area contributed by atoms with E-state index in [9.17, 15) is 4.79 Å². The zero-order valence-electron chi connectivity index (χ0n) is 17.9. The van der Waals surface area contributed by atoms with E-state index < -0.39 is 0 Å². The first kappa shape index (κ1) is 21.2. The molecule has 1 amide bonds. The topological polar surface area (TPSA) is 74.9 Å². The molecule has 1 aromatic heterocycles. The third kappa shape index (κ3) is 5.10. The summed E-state index contributed by atoms with van der Waals surface area (Å²) in [6.07, 6.45) is 1.08. The highest BCUT2D eigenvalue weighted by Gasteiger charge is 2.37. The van der Waals surface area contributed by atoms with Gasteiger partial charge in [0.15, 0.2) is 5.82 Å². The van der Waals surface area contributed by atoms with Crippen molar-refractivity contribution in [1.29, 1.82) is 0 Å². The number of hydrogen-bond donors (Lipinski definition) is 0. The molecule has 158 valence electrons. The summed E-state index contributed by atoms with van der Waals surface area (Å²) in [7, 11) is 0. The molecule has 0 aromatic carbocycles. The molecule has 0 bridgehead atoms. The maximum atomic E-state index is 13.3. The highest BCUT2D eigenvalue weighted by molar-refractivity contribution is 5.82. The SMILES string of the molecule is CCc1nc(CN2CCN(C(=O)C(C(C)C)N3CC(C)OC(C)C3)CC2)no1. The molecule has 3 atom stereocenters. The molecule has 2 saturated heterocycles. The predicted molar refractivity (Wildman–Crippen MR) is 106 cm³/mol. The van der Waals surface area contributed by atoms with E-state index in [1.807, 2.05) is 11.8 Å². The molecule has 3 heterocycles. The monoisotopic (exact) mass is 393 g/mol. The molecule has 8 heteroatoms. The minimum atomic E-state index is -0.0790. The number of rotatable bonds is 6. The van der Waals surface area contributed by atoms with Crippen LogP contribution in [0.25, 0.3) is 0 Å². The number of ether oxygens (including phenoxy) is 1. The second-order valence-electron chi connectivity index (χ2n) is 8.46. The first-order valence-corrected chi connectivity index (χ1v) is 10.6. The van der Waals surface area contributed by atoms with Crippen LogP contribution in [0.15, 0.2) is 4.52 Å². The molecule has 28 heavy (non-hydrogen) atoms. The fraction of sp³-hybridized carbons (Fsp3) is 0.850. The van der Waals surface area contributed by atoms with Crippen molar-refractivity contribution in [2.45, 2.75) is 65.8 Å². The van der Waals surface area contributed by atoms with Gasteiger partial charge in [-0.15, -0.1) is 0 Å². The van der Waals surface area contributed by atoms with Crippen LogP contribution in [0.2, 0.25) is 0 Å². The average molecular weight is 394 g/mol. The zero-order chi connectivity index (χ0) is 20.3. The Balaban J connectivity index is 1.56. The second-order valence-corrected chi connectivity index (χ2v) is 8.46. The number of amides is 1. The molecule has 0 saturated carbocycles. The Bertz CT molecular complexity index is 632. The summed E-state index contributed by atoms with van der Waals surface area (Å²) >= 11 is 0. The van der Waals surface area contributed by atoms with Gasteiger partial charge in [-0.25, -0.2) is 0 Å². The van der Waals surface area contributed by atoms with Crippen LogP contribution in [-0.2, 0) is 22.5 Å². The molecule has 3 rings (SSSR count). The molecule has 0 aliphatic carbocycles. The van der Waals surface area contributed by atoms with Crippen molar-refractivity contribution in [2.75, 3.05) is 39.3 Å². The summed E-state index contributed by atoms with van der Waals surface area (Å²) in [5.41, 5.74) is 0. The average Bonchev–Trinajstić information content (AvgIpc) is 3.09. The van der Waals surface area contributed by atoms with E-state index in [-0.39, 0.29) is 30.1 Å². The lowest BCUT2D eigenvalue weighted by molar-refractivity contribution is -0.147. The minimum absolute atomic E-state index is 0.0790. The minimum Gasteiger partial charge on any atom is -0.373 e. The molecule has 0 radical (unpaired) electrons. The van der Waals surface area contributed by atoms with Crippen molar-refractivity contribution in [3.8, 4) is 0 Å². The lowest BCUT2D eigenvalue weighted by Crippen LogP contribution is -2.60. The van der Waals surface area contributed by atoms with E-state index in [4.69, 9.17) is 9.26 Å². The van der Waals surface area contributed by atoms with Crippen molar-refractivity contribution >= 4 is 5.91 Å². The van der Waals surface area contributed by atoms with Gasteiger partial charge in [0, 0.05) is 45.7 Å². The Labute approximate surface area is 168 Å². The van der Waals surface area contributed by atoms with E-state index in [0.717, 1.165) is 51.5 Å². The first-order valence-electron chi connectivity index (χ1n) is 10.6. The fourth-order valence-corrected chi connectivity index (χ4v) is 4.32. The highest BCUT2D eigenvalue weighted by Crippen LogP contribution is 2.21. The molecule has 0 N–H and O–H groups in total. The smallest absolute Gasteiger partial charge is 0.240 e. The van der Waals surface area contributed by atoms with Gasteiger partial charge in [-0.1, -0.05) is 25.9 Å². The fourth-order valence-electron chi connectivity index (χ4n) is 4.32. The van der Waals surface area contributed by atoms with Gasteiger partial charge in [0.25, 0.3) is 0 Å². The summed E-state index contributed by atoms with van der Waals surface area (Å²) in [4.78, 5) is 24.4. The van der Waals surface area contributed by atoms with Gasteiger partial charge in [-0.3, -0.25) is 14.6 Å². The molecule has 2 fully saturated rings. The quantitative estimate of drug-likeness (QED) is 0.723. The lowest BCUT2D eigenvalue weighted by atomic mass is 9.98. The maximum Gasteiger partial charge on any atom is 0.240 e. The Morgan fingerprint density at radius 1 is 1.14 bits per heavy atom. The lowest BCUT2D eigenvalue weighted by Gasteiger charge is -2.44. The second kappa shape index (κ2) is 9.33. The number of carbonyl (C=O) groups excluding carboxylic acids is 1. The van der Waals surface area contributed by atoms with Crippen LogP contribution in [0.4, 0.5) is 0 Å². The number of aromatic nitrogens is 2. The Kier molecular flexibility index (Phi) is 7.06. The van der Waals surface area contributed by atoms with E-state index in [2.05, 4.69) is 47.6 Å². The van der Waals surface area contributed by atoms with Gasteiger partial charge < -0.3 is 14.2 Å². The normalized spacial score (nSPS) is 26.0. The summed E-state index contributed by atoms with van der Waals surface area (Å²) in [5.74, 6) is 1.93. The van der Waals surface area contributed by atoms with E-state index in [1.165, 1.54) is 0 Å². The van der Waals surface area contributed by atoms with Crippen molar-refractivity contribution in [3.05, 3.63) is 11.7 Å². The van der Waals surface area contributed by atoms with Crippen molar-refractivity contribution in [3.63, 3.8) is 0 Å². The summed E-state index contributed by atoms with van der Waals surface area (Å²) in [6.45, 7) is 15.9. The van der Waals surface area contributed by atoms with Gasteiger partial charge in [-0.2, -0.15) is 4.98 Å². The van der Waals surface area contributed by atoms with E-state index in [0.29, 0.717) is 12.4 Å². The maximum absolute atomic E-state index is 13.3. The van der Waals surface area contributed by atoms with Crippen molar-refractivity contribution in [2.24, 2.45) is 5.92 Å². The van der Waals surface area contributed by atoms with Crippen LogP contribution < -0.4 is 0 Å². The summed E-state index contributed by atoms with van der Waals surface area (Å²) in [5, 5.41) is 4.04. The molecule has 1 aromatic rings. The third-order valence-electron chi connectivity index (χ3n) is 5.59. The molecule has 3 unspecified atom stereocenters. The van der Waals surface area contributed by atoms with Crippen LogP contribution in [-0.4, -0.2) is 88.3 Å². The van der Waals surface area contributed by atoms with E-state index >= 15 is 0 Å². The summed E-state index contributed by atoms with van der Waals surface area (Å²) in [6, 6.07) is -0.0790. The number of carbonyl (C=O) groups is 1. The van der Waals surface area contributed by atoms with Crippen LogP contribution in [0.3, 0.4) is 0 Å². The number of hydrogen-bond acceptors (Lipinski definition) is 7. The number of aryl methyl sites for hydroxylation is 1. The number of piperazine rings is 1. The summed E-state index contributed by atoms with van der Waals surface area (Å²) < 4.78 is 11.0. The Morgan fingerprint density at radius 2 is 1.79 bits per heavy atom. The Morgan fingerprint density at radius 3 is 2.32 bits per heavy atom. The van der Waals surface area contributed by atoms with Gasteiger partial charge in [0.2, 0.25) is 11.8 Å². The van der Waals surface area contributed by atoms with Gasteiger partial charge in [-0.05, 0) is 19.8 Å². The van der Waals surface area contributed by atoms with Crippen LogP contribution in [0.5, 0.6) is 0 Å². The van der Waals surface area contributed by atoms with Crippen LogP contribution in [0, 0.1) is 5.92 Å². The first-order chi connectivity index (χ1) is 13.4. The van der Waals surface area contributed by atoms with Gasteiger partial charge >= 0.3 is 0 Å².